The number of carbonyl (C=O) groups is 2. The first-order valence-electron chi connectivity index (χ1n) is 9.67. The third-order valence-corrected chi connectivity index (χ3v) is 4.98. The van der Waals surface area contributed by atoms with Gasteiger partial charge in [0.15, 0.2) is 11.5 Å². The highest BCUT2D eigenvalue weighted by Gasteiger charge is 2.38. The minimum atomic E-state index is -5.08. The van der Waals surface area contributed by atoms with Crippen LogP contribution in [0.3, 0.4) is 0 Å². The van der Waals surface area contributed by atoms with Crippen molar-refractivity contribution in [2.75, 3.05) is 31.1 Å². The molecule has 1 aliphatic heterocycles. The standard InChI is InChI=1S/C14H19N5.2C2HF3O2/c1-2-12(3-1)17-8-10-19(11-9-17)14-13-15-4-6-18(13)7-5-16-14;2*3-2(4,5)1(6)7/h4-7,12H,1-3,8-11H2;2*(H,6,7). The van der Waals surface area contributed by atoms with Crippen molar-refractivity contribution in [2.24, 2.45) is 0 Å². The zero-order chi connectivity index (χ0) is 24.8. The average molecular weight is 485 g/mol. The summed E-state index contributed by atoms with van der Waals surface area (Å²) in [6.07, 6.45) is 1.68. The number of nitrogens with zero attached hydrogens (tertiary/aromatic N) is 5. The molecule has 4 rings (SSSR count). The molecule has 2 aromatic heterocycles. The van der Waals surface area contributed by atoms with Crippen molar-refractivity contribution in [2.45, 2.75) is 37.7 Å². The molecule has 0 aromatic carbocycles. The maximum absolute atomic E-state index is 10.6. The molecule has 1 saturated heterocycles. The Kier molecular flexibility index (Phi) is 8.46. The minimum absolute atomic E-state index is 0.859. The minimum Gasteiger partial charge on any atom is -0.475 e. The van der Waals surface area contributed by atoms with Crippen LogP contribution < -0.4 is 4.90 Å². The topological polar surface area (TPSA) is 111 Å². The molecule has 9 nitrogen and oxygen atoms in total. The van der Waals surface area contributed by atoms with E-state index in [1.165, 1.54) is 19.3 Å². The summed E-state index contributed by atoms with van der Waals surface area (Å²) in [6.45, 7) is 4.45. The average Bonchev–Trinajstić information content (AvgIpc) is 3.16. The molecule has 1 aliphatic carbocycles. The normalized spacial score (nSPS) is 17.3. The van der Waals surface area contributed by atoms with Crippen molar-refractivity contribution in [3.05, 3.63) is 24.8 Å². The highest BCUT2D eigenvalue weighted by Crippen LogP contribution is 2.27. The van der Waals surface area contributed by atoms with E-state index in [-0.39, 0.29) is 0 Å². The van der Waals surface area contributed by atoms with Crippen LogP contribution in [0.25, 0.3) is 5.65 Å². The molecule has 0 atom stereocenters. The van der Waals surface area contributed by atoms with Crippen molar-refractivity contribution in [3.63, 3.8) is 0 Å². The van der Waals surface area contributed by atoms with E-state index in [4.69, 9.17) is 19.8 Å². The van der Waals surface area contributed by atoms with Crippen LogP contribution in [0.15, 0.2) is 24.8 Å². The van der Waals surface area contributed by atoms with Gasteiger partial charge in [-0.3, -0.25) is 4.90 Å². The Morgan fingerprint density at radius 2 is 1.30 bits per heavy atom. The second kappa shape index (κ2) is 10.7. The van der Waals surface area contributed by atoms with Gasteiger partial charge in [-0.25, -0.2) is 19.6 Å². The highest BCUT2D eigenvalue weighted by atomic mass is 19.4. The van der Waals surface area contributed by atoms with Gasteiger partial charge in [0.2, 0.25) is 0 Å². The molecule has 2 aromatic rings. The Labute approximate surface area is 183 Å². The summed E-state index contributed by atoms with van der Waals surface area (Å²) in [5.74, 6) is -4.49. The van der Waals surface area contributed by atoms with E-state index >= 15 is 0 Å². The smallest absolute Gasteiger partial charge is 0.475 e. The first kappa shape index (κ1) is 26.2. The Bertz CT molecular complexity index is 912. The van der Waals surface area contributed by atoms with E-state index in [0.29, 0.717) is 0 Å². The summed E-state index contributed by atoms with van der Waals surface area (Å²) < 4.78 is 65.5. The molecule has 15 heteroatoms. The van der Waals surface area contributed by atoms with E-state index in [1.807, 2.05) is 29.2 Å². The third kappa shape index (κ3) is 7.47. The van der Waals surface area contributed by atoms with Crippen LogP contribution >= 0.6 is 0 Å². The second-order valence-electron chi connectivity index (χ2n) is 7.12. The van der Waals surface area contributed by atoms with Crippen LogP contribution in [0.4, 0.5) is 32.2 Å². The van der Waals surface area contributed by atoms with Gasteiger partial charge in [0.1, 0.15) is 0 Å². The van der Waals surface area contributed by atoms with Crippen molar-refractivity contribution in [1.29, 1.82) is 0 Å². The van der Waals surface area contributed by atoms with Crippen LogP contribution in [-0.2, 0) is 9.59 Å². The predicted octanol–water partition coefficient (Wildman–Crippen LogP) is 2.67. The lowest BCUT2D eigenvalue weighted by atomic mass is 9.91. The molecule has 0 radical (unpaired) electrons. The number of carboxylic acids is 2. The molecule has 0 bridgehead atoms. The van der Waals surface area contributed by atoms with Gasteiger partial charge < -0.3 is 19.5 Å². The van der Waals surface area contributed by atoms with Gasteiger partial charge in [-0.15, -0.1) is 0 Å². The number of alkyl halides is 6. The summed E-state index contributed by atoms with van der Waals surface area (Å²) in [5.41, 5.74) is 0.972. The lowest BCUT2D eigenvalue weighted by Crippen LogP contribution is -2.52. The molecule has 0 spiro atoms. The Morgan fingerprint density at radius 1 is 0.848 bits per heavy atom. The van der Waals surface area contributed by atoms with Gasteiger partial charge in [-0.05, 0) is 12.8 Å². The molecule has 33 heavy (non-hydrogen) atoms. The molecule has 0 unspecified atom stereocenters. The van der Waals surface area contributed by atoms with E-state index in [0.717, 1.165) is 43.7 Å². The van der Waals surface area contributed by atoms with Crippen molar-refractivity contribution in [3.8, 4) is 0 Å². The summed E-state index contributed by atoms with van der Waals surface area (Å²) in [5, 5.41) is 14.2. The van der Waals surface area contributed by atoms with Crippen LogP contribution in [0.5, 0.6) is 0 Å². The van der Waals surface area contributed by atoms with Gasteiger partial charge in [0.25, 0.3) is 0 Å². The molecular formula is C18H21F6N5O4. The van der Waals surface area contributed by atoms with Gasteiger partial charge >= 0.3 is 24.3 Å². The fourth-order valence-corrected chi connectivity index (χ4v) is 3.11. The molecule has 2 fully saturated rings. The molecule has 184 valence electrons. The van der Waals surface area contributed by atoms with Gasteiger partial charge in [0, 0.05) is 57.0 Å². The Hall–Kier alpha value is -3.10. The third-order valence-electron chi connectivity index (χ3n) is 4.98. The number of imidazole rings is 1. The molecule has 1 saturated carbocycles. The number of fused-ring (bicyclic) bond motifs is 1. The predicted molar refractivity (Wildman–Crippen MR) is 102 cm³/mol. The summed E-state index contributed by atoms with van der Waals surface area (Å²) in [4.78, 5) is 31.8. The van der Waals surface area contributed by atoms with Gasteiger partial charge in [0.05, 0.1) is 0 Å². The first-order valence-corrected chi connectivity index (χ1v) is 9.67. The largest absolute Gasteiger partial charge is 0.490 e. The maximum atomic E-state index is 10.6. The molecular weight excluding hydrogens is 464 g/mol. The van der Waals surface area contributed by atoms with Crippen molar-refractivity contribution < 1.29 is 46.1 Å². The van der Waals surface area contributed by atoms with E-state index in [2.05, 4.69) is 19.8 Å². The number of anilines is 1. The van der Waals surface area contributed by atoms with Gasteiger partial charge in [-0.1, -0.05) is 6.42 Å². The number of rotatable bonds is 2. The summed E-state index contributed by atoms with van der Waals surface area (Å²) in [7, 11) is 0. The number of aromatic nitrogens is 3. The fraction of sp³-hybridized carbons (Fsp3) is 0.556. The van der Waals surface area contributed by atoms with Crippen molar-refractivity contribution >= 4 is 23.4 Å². The van der Waals surface area contributed by atoms with E-state index in [1.54, 1.807) is 0 Å². The maximum Gasteiger partial charge on any atom is 0.490 e. The SMILES string of the molecule is O=C(O)C(F)(F)F.O=C(O)C(F)(F)F.c1cn2ccnc2c(N2CCN(C3CCC3)CC2)n1. The number of hydrogen-bond acceptors (Lipinski definition) is 6. The summed E-state index contributed by atoms with van der Waals surface area (Å²) in [6, 6.07) is 0.859. The molecule has 3 heterocycles. The zero-order valence-corrected chi connectivity index (χ0v) is 17.1. The first-order chi connectivity index (χ1) is 15.3. The monoisotopic (exact) mass is 485 g/mol. The zero-order valence-electron chi connectivity index (χ0n) is 17.1. The molecule has 0 amide bonds. The quantitative estimate of drug-likeness (QED) is 0.625. The number of carboxylic acid groups (broad SMARTS) is 2. The Morgan fingerprint density at radius 3 is 1.70 bits per heavy atom. The molecule has 2 N–H and O–H groups in total. The molecule has 2 aliphatic rings. The van der Waals surface area contributed by atoms with Gasteiger partial charge in [-0.2, -0.15) is 26.3 Å². The van der Waals surface area contributed by atoms with Crippen molar-refractivity contribution in [1.82, 2.24) is 19.3 Å². The van der Waals surface area contributed by atoms with Crippen LogP contribution in [-0.4, -0.2) is 86.0 Å². The van der Waals surface area contributed by atoms with E-state index < -0.39 is 24.3 Å². The lowest BCUT2D eigenvalue weighted by Gasteiger charge is -2.43. The van der Waals surface area contributed by atoms with E-state index in [9.17, 15) is 26.3 Å². The van der Waals surface area contributed by atoms with Crippen LogP contribution in [0.2, 0.25) is 0 Å². The second-order valence-corrected chi connectivity index (χ2v) is 7.12. The Balaban J connectivity index is 0.000000230. The number of aliphatic carboxylic acids is 2. The number of hydrogen-bond donors (Lipinski definition) is 2. The highest BCUT2D eigenvalue weighted by molar-refractivity contribution is 5.73. The lowest BCUT2D eigenvalue weighted by molar-refractivity contribution is -0.193. The number of halogens is 6. The number of piperazine rings is 1. The van der Waals surface area contributed by atoms with Crippen LogP contribution in [0.1, 0.15) is 19.3 Å². The fourth-order valence-electron chi connectivity index (χ4n) is 3.11. The summed E-state index contributed by atoms with van der Waals surface area (Å²) >= 11 is 0. The van der Waals surface area contributed by atoms with Crippen LogP contribution in [0, 0.1) is 0 Å².